The fourth-order valence-corrected chi connectivity index (χ4v) is 6.44. The molecule has 1 saturated heterocycles. The van der Waals surface area contributed by atoms with Crippen molar-refractivity contribution in [2.75, 3.05) is 18.1 Å². The van der Waals surface area contributed by atoms with Crippen LogP contribution in [0.15, 0.2) is 29.2 Å². The SMILES string of the molecule is CCN(C1CCS(=O)(=O)C1)S(=O)(=O)c1cccc(C(=O)NC(C)C)c1. The van der Waals surface area contributed by atoms with Gasteiger partial charge < -0.3 is 5.32 Å². The number of sulfonamides is 1. The maximum atomic E-state index is 13.0. The summed E-state index contributed by atoms with van der Waals surface area (Å²) in [5.74, 6) is -0.507. The lowest BCUT2D eigenvalue weighted by molar-refractivity contribution is 0.0943. The lowest BCUT2D eigenvalue weighted by Gasteiger charge is -2.26. The van der Waals surface area contributed by atoms with Gasteiger partial charge in [0.25, 0.3) is 5.91 Å². The third-order valence-electron chi connectivity index (χ3n) is 4.05. The Hall–Kier alpha value is -1.45. The van der Waals surface area contributed by atoms with E-state index in [-0.39, 0.29) is 40.5 Å². The molecule has 140 valence electrons. The molecule has 0 saturated carbocycles. The van der Waals surface area contributed by atoms with Gasteiger partial charge in [-0.2, -0.15) is 4.31 Å². The van der Waals surface area contributed by atoms with Crippen LogP contribution < -0.4 is 5.32 Å². The van der Waals surface area contributed by atoms with Crippen LogP contribution in [-0.4, -0.2) is 57.2 Å². The van der Waals surface area contributed by atoms with Crippen molar-refractivity contribution in [3.05, 3.63) is 29.8 Å². The van der Waals surface area contributed by atoms with Crippen molar-refractivity contribution in [3.8, 4) is 0 Å². The molecular formula is C16H24N2O5S2. The van der Waals surface area contributed by atoms with Crippen LogP contribution in [0.3, 0.4) is 0 Å². The van der Waals surface area contributed by atoms with E-state index in [1.54, 1.807) is 13.0 Å². The molecule has 1 aliphatic heterocycles. The third kappa shape index (κ3) is 4.59. The largest absolute Gasteiger partial charge is 0.350 e. The van der Waals surface area contributed by atoms with Gasteiger partial charge in [-0.3, -0.25) is 4.79 Å². The van der Waals surface area contributed by atoms with E-state index in [0.717, 1.165) is 0 Å². The van der Waals surface area contributed by atoms with Gasteiger partial charge in [0.1, 0.15) is 0 Å². The maximum Gasteiger partial charge on any atom is 0.251 e. The summed E-state index contributed by atoms with van der Waals surface area (Å²) in [5, 5.41) is 2.72. The van der Waals surface area contributed by atoms with Gasteiger partial charge >= 0.3 is 0 Å². The standard InChI is InChI=1S/C16H24N2O5S2/c1-4-18(14-8-9-24(20,21)11-14)25(22,23)15-7-5-6-13(10-15)16(19)17-12(2)3/h5-7,10,12,14H,4,8-9,11H2,1-3H3,(H,17,19). The van der Waals surface area contributed by atoms with Gasteiger partial charge in [0.15, 0.2) is 9.84 Å². The van der Waals surface area contributed by atoms with Gasteiger partial charge in [0, 0.05) is 24.2 Å². The summed E-state index contributed by atoms with van der Waals surface area (Å²) < 4.78 is 50.5. The third-order valence-corrected chi connectivity index (χ3v) is 7.82. The number of carbonyl (C=O) groups is 1. The molecule has 0 radical (unpaired) electrons. The molecule has 1 aromatic rings. The van der Waals surface area contributed by atoms with Crippen LogP contribution in [0.2, 0.25) is 0 Å². The van der Waals surface area contributed by atoms with Gasteiger partial charge in [-0.25, -0.2) is 16.8 Å². The highest BCUT2D eigenvalue weighted by atomic mass is 32.2. The zero-order valence-electron chi connectivity index (χ0n) is 14.6. The minimum atomic E-state index is -3.88. The van der Waals surface area contributed by atoms with Gasteiger partial charge in [-0.05, 0) is 38.5 Å². The smallest absolute Gasteiger partial charge is 0.251 e. The number of rotatable bonds is 6. The summed E-state index contributed by atoms with van der Waals surface area (Å²) in [7, 11) is -7.08. The molecule has 25 heavy (non-hydrogen) atoms. The van der Waals surface area contributed by atoms with E-state index in [4.69, 9.17) is 0 Å². The molecule has 0 aliphatic carbocycles. The number of hydrogen-bond donors (Lipinski definition) is 1. The molecular weight excluding hydrogens is 364 g/mol. The van der Waals surface area contributed by atoms with E-state index in [1.165, 1.54) is 22.5 Å². The molecule has 0 aromatic heterocycles. The predicted octanol–water partition coefficient (Wildman–Crippen LogP) is 1.02. The van der Waals surface area contributed by atoms with Crippen molar-refractivity contribution >= 4 is 25.8 Å². The molecule has 1 N–H and O–H groups in total. The van der Waals surface area contributed by atoms with Gasteiger partial charge in [0.05, 0.1) is 16.4 Å². The van der Waals surface area contributed by atoms with Crippen LogP contribution in [0.4, 0.5) is 0 Å². The Labute approximate surface area is 149 Å². The molecule has 1 fully saturated rings. The van der Waals surface area contributed by atoms with Crippen molar-refractivity contribution < 1.29 is 21.6 Å². The van der Waals surface area contributed by atoms with Crippen molar-refractivity contribution in [1.82, 2.24) is 9.62 Å². The molecule has 1 amide bonds. The van der Waals surface area contributed by atoms with Gasteiger partial charge in [0.2, 0.25) is 10.0 Å². The van der Waals surface area contributed by atoms with E-state index >= 15 is 0 Å². The Morgan fingerprint density at radius 3 is 2.56 bits per heavy atom. The molecule has 0 bridgehead atoms. The van der Waals surface area contributed by atoms with Crippen LogP contribution in [0.5, 0.6) is 0 Å². The van der Waals surface area contributed by atoms with Crippen LogP contribution in [0.25, 0.3) is 0 Å². The number of benzene rings is 1. The zero-order chi connectivity index (χ0) is 18.8. The Bertz CT molecular complexity index is 847. The second-order valence-corrected chi connectivity index (χ2v) is 10.5. The molecule has 1 atom stereocenters. The van der Waals surface area contributed by atoms with Crippen LogP contribution >= 0.6 is 0 Å². The molecule has 9 heteroatoms. The molecule has 1 heterocycles. The van der Waals surface area contributed by atoms with E-state index in [9.17, 15) is 21.6 Å². The molecule has 1 aromatic carbocycles. The Balaban J connectivity index is 2.33. The number of carbonyl (C=O) groups excluding carboxylic acids is 1. The van der Waals surface area contributed by atoms with E-state index in [0.29, 0.717) is 6.42 Å². The normalized spacial score (nSPS) is 20.1. The van der Waals surface area contributed by atoms with E-state index in [1.807, 2.05) is 13.8 Å². The summed E-state index contributed by atoms with van der Waals surface area (Å²) in [6.07, 6.45) is 0.295. The highest BCUT2D eigenvalue weighted by Crippen LogP contribution is 2.25. The zero-order valence-corrected chi connectivity index (χ0v) is 16.2. The minimum absolute atomic E-state index is 0.000517. The number of hydrogen-bond acceptors (Lipinski definition) is 5. The van der Waals surface area contributed by atoms with E-state index in [2.05, 4.69) is 5.32 Å². The molecule has 7 nitrogen and oxygen atoms in total. The molecule has 1 unspecified atom stereocenters. The summed E-state index contributed by atoms with van der Waals surface area (Å²) >= 11 is 0. The van der Waals surface area contributed by atoms with Gasteiger partial charge in [-0.15, -0.1) is 0 Å². The van der Waals surface area contributed by atoms with Crippen molar-refractivity contribution in [2.24, 2.45) is 0 Å². The van der Waals surface area contributed by atoms with Crippen LogP contribution in [-0.2, 0) is 19.9 Å². The van der Waals surface area contributed by atoms with Crippen molar-refractivity contribution in [3.63, 3.8) is 0 Å². The average molecular weight is 389 g/mol. The minimum Gasteiger partial charge on any atom is -0.350 e. The first-order valence-corrected chi connectivity index (χ1v) is 11.5. The fourth-order valence-electron chi connectivity index (χ4n) is 2.91. The summed E-state index contributed by atoms with van der Waals surface area (Å²) in [6, 6.07) is 5.19. The first-order valence-electron chi connectivity index (χ1n) is 8.20. The number of sulfone groups is 1. The molecule has 2 rings (SSSR count). The first kappa shape index (κ1) is 19.9. The number of nitrogens with zero attached hydrogens (tertiary/aromatic N) is 1. The molecule has 0 spiro atoms. The maximum absolute atomic E-state index is 13.0. The first-order chi connectivity index (χ1) is 11.6. The lowest BCUT2D eigenvalue weighted by Crippen LogP contribution is -2.41. The second kappa shape index (κ2) is 7.43. The topological polar surface area (TPSA) is 101 Å². The second-order valence-electron chi connectivity index (χ2n) is 6.42. The number of nitrogens with one attached hydrogen (secondary N) is 1. The molecule has 1 aliphatic rings. The average Bonchev–Trinajstić information content (AvgIpc) is 2.87. The quantitative estimate of drug-likeness (QED) is 0.784. The van der Waals surface area contributed by atoms with Crippen molar-refractivity contribution in [2.45, 2.75) is 44.2 Å². The highest BCUT2D eigenvalue weighted by molar-refractivity contribution is 7.92. The lowest BCUT2D eigenvalue weighted by atomic mass is 10.2. The fraction of sp³-hybridized carbons (Fsp3) is 0.562. The summed E-state index contributed by atoms with van der Waals surface area (Å²) in [6.45, 7) is 5.48. The van der Waals surface area contributed by atoms with Crippen molar-refractivity contribution in [1.29, 1.82) is 0 Å². The Morgan fingerprint density at radius 1 is 1.36 bits per heavy atom. The predicted molar refractivity (Wildman–Crippen MR) is 95.7 cm³/mol. The summed E-state index contributed by atoms with van der Waals surface area (Å²) in [4.78, 5) is 12.1. The van der Waals surface area contributed by atoms with Crippen LogP contribution in [0, 0.1) is 0 Å². The Kier molecular flexibility index (Phi) is 5.90. The Morgan fingerprint density at radius 2 is 2.04 bits per heavy atom. The number of amides is 1. The van der Waals surface area contributed by atoms with Crippen LogP contribution in [0.1, 0.15) is 37.6 Å². The monoisotopic (exact) mass is 388 g/mol. The highest BCUT2D eigenvalue weighted by Gasteiger charge is 2.38. The summed E-state index contributed by atoms with van der Waals surface area (Å²) in [5.41, 5.74) is 0.255. The van der Waals surface area contributed by atoms with Gasteiger partial charge in [-0.1, -0.05) is 13.0 Å². The van der Waals surface area contributed by atoms with E-state index < -0.39 is 25.9 Å².